The summed E-state index contributed by atoms with van der Waals surface area (Å²) in [7, 11) is 0. The molecule has 122 valence electrons. The molecule has 6 heteroatoms. The molecule has 1 aliphatic rings. The molecule has 1 rings (SSSR count). The van der Waals surface area contributed by atoms with Gasteiger partial charge in [0.2, 0.25) is 0 Å². The number of hydrogen-bond acceptors (Lipinski definition) is 5. The van der Waals surface area contributed by atoms with Crippen LogP contribution in [0, 0.1) is 0 Å². The van der Waals surface area contributed by atoms with E-state index in [0.717, 1.165) is 38.5 Å². The van der Waals surface area contributed by atoms with Crippen molar-refractivity contribution in [2.24, 2.45) is 0 Å². The molecule has 1 amide bonds. The second-order valence-corrected chi connectivity index (χ2v) is 5.40. The maximum absolute atomic E-state index is 12.1. The Kier molecular flexibility index (Phi) is 8.82. The number of hydrogen-bond donors (Lipinski definition) is 2. The molecule has 6 nitrogen and oxygen atoms in total. The SMILES string of the molecule is CCCCOC(=O)NC(CCCO)C(=O)OC1CCCC1. The van der Waals surface area contributed by atoms with Gasteiger partial charge in [0.05, 0.1) is 6.61 Å². The highest BCUT2D eigenvalue weighted by molar-refractivity contribution is 5.81. The topological polar surface area (TPSA) is 84.9 Å². The van der Waals surface area contributed by atoms with Gasteiger partial charge in [-0.2, -0.15) is 0 Å². The zero-order valence-corrected chi connectivity index (χ0v) is 12.8. The van der Waals surface area contributed by atoms with Gasteiger partial charge in [-0.05, 0) is 44.9 Å². The minimum absolute atomic E-state index is 0.0280. The molecule has 2 N–H and O–H groups in total. The van der Waals surface area contributed by atoms with Crippen molar-refractivity contribution in [1.82, 2.24) is 5.32 Å². The van der Waals surface area contributed by atoms with Crippen molar-refractivity contribution in [2.45, 2.75) is 70.4 Å². The molecule has 1 fully saturated rings. The van der Waals surface area contributed by atoms with E-state index in [9.17, 15) is 9.59 Å². The van der Waals surface area contributed by atoms with Crippen LogP contribution < -0.4 is 5.32 Å². The maximum atomic E-state index is 12.1. The van der Waals surface area contributed by atoms with Crippen molar-refractivity contribution >= 4 is 12.1 Å². The van der Waals surface area contributed by atoms with Crippen LogP contribution in [0.5, 0.6) is 0 Å². The molecule has 0 aromatic carbocycles. The Bertz CT molecular complexity index is 315. The fourth-order valence-corrected chi connectivity index (χ4v) is 2.29. The fraction of sp³-hybridized carbons (Fsp3) is 0.867. The average molecular weight is 301 g/mol. The summed E-state index contributed by atoms with van der Waals surface area (Å²) < 4.78 is 10.4. The molecule has 0 radical (unpaired) electrons. The van der Waals surface area contributed by atoms with Gasteiger partial charge in [-0.1, -0.05) is 13.3 Å². The molecule has 1 atom stereocenters. The molecule has 0 heterocycles. The first kappa shape index (κ1) is 17.8. The van der Waals surface area contributed by atoms with Crippen LogP contribution in [0.25, 0.3) is 0 Å². The second-order valence-electron chi connectivity index (χ2n) is 5.40. The molecule has 0 aromatic heterocycles. The van der Waals surface area contributed by atoms with Gasteiger partial charge >= 0.3 is 12.1 Å². The predicted octanol–water partition coefficient (Wildman–Crippen LogP) is 2.14. The van der Waals surface area contributed by atoms with E-state index in [1.165, 1.54) is 0 Å². The zero-order chi connectivity index (χ0) is 15.5. The number of ether oxygens (including phenoxy) is 2. The number of carbonyl (C=O) groups is 2. The third kappa shape index (κ3) is 7.32. The number of aliphatic hydroxyl groups excluding tert-OH is 1. The summed E-state index contributed by atoms with van der Waals surface area (Å²) in [6, 6.07) is -0.744. The quantitative estimate of drug-likeness (QED) is 0.503. The van der Waals surface area contributed by atoms with Gasteiger partial charge in [0, 0.05) is 6.61 Å². The second kappa shape index (κ2) is 10.4. The highest BCUT2D eigenvalue weighted by Crippen LogP contribution is 2.21. The van der Waals surface area contributed by atoms with E-state index in [4.69, 9.17) is 14.6 Å². The van der Waals surface area contributed by atoms with Gasteiger partial charge < -0.3 is 19.9 Å². The lowest BCUT2D eigenvalue weighted by Gasteiger charge is -2.19. The van der Waals surface area contributed by atoms with E-state index in [1.54, 1.807) is 0 Å². The van der Waals surface area contributed by atoms with Crippen LogP contribution in [0.3, 0.4) is 0 Å². The number of rotatable bonds is 9. The molecule has 1 unspecified atom stereocenters. The lowest BCUT2D eigenvalue weighted by Crippen LogP contribution is -2.43. The van der Waals surface area contributed by atoms with Gasteiger partial charge in [-0.3, -0.25) is 0 Å². The third-order valence-corrected chi connectivity index (χ3v) is 3.54. The van der Waals surface area contributed by atoms with Crippen LogP contribution >= 0.6 is 0 Å². The summed E-state index contributed by atoms with van der Waals surface area (Å²) in [4.78, 5) is 23.7. The lowest BCUT2D eigenvalue weighted by atomic mass is 10.1. The van der Waals surface area contributed by atoms with Crippen molar-refractivity contribution in [3.63, 3.8) is 0 Å². The number of unbranched alkanes of at least 4 members (excludes halogenated alkanes) is 1. The molecule has 1 aliphatic carbocycles. The van der Waals surface area contributed by atoms with E-state index < -0.39 is 18.1 Å². The van der Waals surface area contributed by atoms with E-state index in [2.05, 4.69) is 5.32 Å². The highest BCUT2D eigenvalue weighted by atomic mass is 16.6. The Morgan fingerprint density at radius 1 is 1.29 bits per heavy atom. The minimum atomic E-state index is -0.744. The number of aliphatic hydroxyl groups is 1. The predicted molar refractivity (Wildman–Crippen MR) is 77.8 cm³/mol. The van der Waals surface area contributed by atoms with Gasteiger partial charge in [-0.15, -0.1) is 0 Å². The van der Waals surface area contributed by atoms with E-state index in [1.807, 2.05) is 6.92 Å². The third-order valence-electron chi connectivity index (χ3n) is 3.54. The summed E-state index contributed by atoms with van der Waals surface area (Å²) in [6.45, 7) is 2.32. The van der Waals surface area contributed by atoms with Crippen molar-refractivity contribution in [3.05, 3.63) is 0 Å². The van der Waals surface area contributed by atoms with Gasteiger partial charge in [0.25, 0.3) is 0 Å². The first-order valence-corrected chi connectivity index (χ1v) is 7.92. The molecular formula is C15H27NO5. The van der Waals surface area contributed by atoms with Gasteiger partial charge in [0.15, 0.2) is 0 Å². The summed E-state index contributed by atoms with van der Waals surface area (Å²) in [5, 5.41) is 11.4. The van der Waals surface area contributed by atoms with Crippen LogP contribution in [0.15, 0.2) is 0 Å². The van der Waals surface area contributed by atoms with Crippen LogP contribution in [0.2, 0.25) is 0 Å². The standard InChI is InChI=1S/C15H27NO5/c1-2-3-11-20-15(19)16-13(9-6-10-17)14(18)21-12-7-4-5-8-12/h12-13,17H,2-11H2,1H3,(H,16,19). The summed E-state index contributed by atoms with van der Waals surface area (Å²) in [5.41, 5.74) is 0. The average Bonchev–Trinajstić information content (AvgIpc) is 2.96. The van der Waals surface area contributed by atoms with Crippen molar-refractivity contribution < 1.29 is 24.2 Å². The molecular weight excluding hydrogens is 274 g/mol. The number of carbonyl (C=O) groups excluding carboxylic acids is 2. The maximum Gasteiger partial charge on any atom is 0.407 e. The number of nitrogens with one attached hydrogen (secondary N) is 1. The van der Waals surface area contributed by atoms with Crippen LogP contribution in [-0.2, 0) is 14.3 Å². The summed E-state index contributed by atoms with van der Waals surface area (Å²) in [6.07, 6.45) is 5.80. The van der Waals surface area contributed by atoms with Crippen molar-refractivity contribution in [3.8, 4) is 0 Å². The Balaban J connectivity index is 2.40. The normalized spacial score (nSPS) is 16.5. The number of esters is 1. The monoisotopic (exact) mass is 301 g/mol. The molecule has 0 spiro atoms. The molecule has 0 aromatic rings. The van der Waals surface area contributed by atoms with Crippen LogP contribution in [-0.4, -0.2) is 42.5 Å². The minimum Gasteiger partial charge on any atom is -0.461 e. The Labute approximate surface area is 126 Å². The first-order valence-electron chi connectivity index (χ1n) is 7.92. The smallest absolute Gasteiger partial charge is 0.407 e. The molecule has 1 saturated carbocycles. The molecule has 0 bridgehead atoms. The first-order chi connectivity index (χ1) is 10.2. The van der Waals surface area contributed by atoms with Crippen LogP contribution in [0.1, 0.15) is 58.3 Å². The Hall–Kier alpha value is -1.30. The number of amides is 1. The lowest BCUT2D eigenvalue weighted by molar-refractivity contribution is -0.151. The molecule has 21 heavy (non-hydrogen) atoms. The van der Waals surface area contributed by atoms with E-state index in [0.29, 0.717) is 19.4 Å². The number of alkyl carbamates (subject to hydrolysis) is 1. The van der Waals surface area contributed by atoms with Crippen molar-refractivity contribution in [2.75, 3.05) is 13.2 Å². The Morgan fingerprint density at radius 3 is 2.62 bits per heavy atom. The van der Waals surface area contributed by atoms with E-state index >= 15 is 0 Å². The summed E-state index contributed by atoms with van der Waals surface area (Å²) >= 11 is 0. The Morgan fingerprint density at radius 2 is 2.00 bits per heavy atom. The molecule has 0 saturated heterocycles. The van der Waals surface area contributed by atoms with Crippen LogP contribution in [0.4, 0.5) is 4.79 Å². The van der Waals surface area contributed by atoms with Gasteiger partial charge in [0.1, 0.15) is 12.1 Å². The van der Waals surface area contributed by atoms with Gasteiger partial charge in [-0.25, -0.2) is 9.59 Å². The highest BCUT2D eigenvalue weighted by Gasteiger charge is 2.26. The zero-order valence-electron chi connectivity index (χ0n) is 12.8. The summed E-state index contributed by atoms with van der Waals surface area (Å²) in [5.74, 6) is -0.428. The fourth-order valence-electron chi connectivity index (χ4n) is 2.29. The van der Waals surface area contributed by atoms with Crippen molar-refractivity contribution in [1.29, 1.82) is 0 Å². The van der Waals surface area contributed by atoms with E-state index in [-0.39, 0.29) is 12.7 Å². The molecule has 0 aliphatic heterocycles. The largest absolute Gasteiger partial charge is 0.461 e.